The van der Waals surface area contributed by atoms with Crippen molar-refractivity contribution in [1.82, 2.24) is 24.6 Å². The van der Waals surface area contributed by atoms with Gasteiger partial charge in [-0.1, -0.05) is 24.5 Å². The molecule has 0 radical (unpaired) electrons. The second-order valence-electron chi connectivity index (χ2n) is 8.07. The molecule has 1 atom stereocenters. The number of methoxy groups -OCH3 is 1. The summed E-state index contributed by atoms with van der Waals surface area (Å²) in [4.78, 5) is 13.0. The lowest BCUT2D eigenvalue weighted by Crippen LogP contribution is -2.49. The number of hydrogen-bond acceptors (Lipinski definition) is 6. The van der Waals surface area contributed by atoms with E-state index >= 15 is 0 Å². The summed E-state index contributed by atoms with van der Waals surface area (Å²) in [5.41, 5.74) is 1.26. The summed E-state index contributed by atoms with van der Waals surface area (Å²) in [6.07, 6.45) is 6.60. The molecular formula is C20H29N5O4S. The summed E-state index contributed by atoms with van der Waals surface area (Å²) in [6, 6.07) is 4.33. The van der Waals surface area contributed by atoms with Crippen LogP contribution in [0.3, 0.4) is 0 Å². The average molecular weight is 436 g/mol. The molecule has 1 amide bonds. The maximum absolute atomic E-state index is 13.3. The van der Waals surface area contributed by atoms with E-state index in [-0.39, 0.29) is 16.8 Å². The summed E-state index contributed by atoms with van der Waals surface area (Å²) in [6.45, 7) is 1.38. The normalized spacial score (nSPS) is 21.3. The lowest BCUT2D eigenvalue weighted by atomic mass is 9.95. The number of fused-ring (bicyclic) bond motifs is 1. The Morgan fingerprint density at radius 2 is 2.00 bits per heavy atom. The monoisotopic (exact) mass is 435 g/mol. The largest absolute Gasteiger partial charge is 0.383 e. The third-order valence-corrected chi connectivity index (χ3v) is 7.96. The van der Waals surface area contributed by atoms with Crippen LogP contribution in [0.4, 0.5) is 0 Å². The van der Waals surface area contributed by atoms with Crippen molar-refractivity contribution in [2.75, 3.05) is 20.3 Å². The van der Waals surface area contributed by atoms with Crippen LogP contribution < -0.4 is 5.32 Å². The Balaban J connectivity index is 1.53. The van der Waals surface area contributed by atoms with Crippen LogP contribution in [0, 0.1) is 0 Å². The van der Waals surface area contributed by atoms with Crippen LogP contribution in [-0.2, 0) is 26.1 Å². The third kappa shape index (κ3) is 4.21. The first kappa shape index (κ1) is 21.2. The quantitative estimate of drug-likeness (QED) is 0.709. The molecule has 2 heterocycles. The van der Waals surface area contributed by atoms with Crippen molar-refractivity contribution >= 4 is 27.0 Å². The lowest BCUT2D eigenvalue weighted by molar-refractivity contribution is -0.125. The van der Waals surface area contributed by atoms with Gasteiger partial charge in [0.2, 0.25) is 15.9 Å². The molecule has 2 aliphatic rings. The van der Waals surface area contributed by atoms with E-state index in [9.17, 15) is 13.2 Å². The zero-order chi connectivity index (χ0) is 21.1. The fraction of sp³-hybridized carbons (Fsp3) is 0.650. The number of ether oxygens (including phenoxy) is 1. The molecular weight excluding hydrogens is 406 g/mol. The molecule has 30 heavy (non-hydrogen) atoms. The van der Waals surface area contributed by atoms with E-state index < -0.39 is 16.1 Å². The number of hydrogen-bond donors (Lipinski definition) is 1. The van der Waals surface area contributed by atoms with Crippen molar-refractivity contribution in [2.45, 2.75) is 68.5 Å². The van der Waals surface area contributed by atoms with Crippen molar-refractivity contribution in [1.29, 1.82) is 0 Å². The van der Waals surface area contributed by atoms with Crippen molar-refractivity contribution in [3.63, 3.8) is 0 Å². The SMILES string of the molecule is COCCn1nnc2cc(S(=O)(=O)N3CCCC3C(=O)NC3CCCCC3)ccc21. The van der Waals surface area contributed by atoms with Crippen LogP contribution in [0.1, 0.15) is 44.9 Å². The minimum absolute atomic E-state index is 0.145. The first-order valence-corrected chi connectivity index (χ1v) is 12.1. The van der Waals surface area contributed by atoms with Crippen LogP contribution >= 0.6 is 0 Å². The summed E-state index contributed by atoms with van der Waals surface area (Å²) in [5.74, 6) is -0.172. The van der Waals surface area contributed by atoms with E-state index in [0.29, 0.717) is 38.1 Å². The van der Waals surface area contributed by atoms with E-state index in [4.69, 9.17) is 4.74 Å². The van der Waals surface area contributed by atoms with E-state index in [1.54, 1.807) is 23.9 Å². The Kier molecular flexibility index (Phi) is 6.35. The molecule has 1 aromatic carbocycles. The number of carbonyl (C=O) groups excluding carboxylic acids is 1. The summed E-state index contributed by atoms with van der Waals surface area (Å²) >= 11 is 0. The first-order chi connectivity index (χ1) is 14.5. The Hall–Kier alpha value is -2.04. The topological polar surface area (TPSA) is 106 Å². The van der Waals surface area contributed by atoms with Gasteiger partial charge >= 0.3 is 0 Å². The van der Waals surface area contributed by atoms with Crippen molar-refractivity contribution in [3.8, 4) is 0 Å². The van der Waals surface area contributed by atoms with Crippen molar-refractivity contribution in [3.05, 3.63) is 18.2 Å². The molecule has 1 aliphatic heterocycles. The summed E-state index contributed by atoms with van der Waals surface area (Å²) in [5, 5.41) is 11.3. The number of nitrogens with zero attached hydrogens (tertiary/aromatic N) is 4. The number of rotatable bonds is 7. The van der Waals surface area contributed by atoms with Gasteiger partial charge in [0.15, 0.2) is 0 Å². The van der Waals surface area contributed by atoms with E-state index in [1.165, 1.54) is 16.8 Å². The van der Waals surface area contributed by atoms with E-state index in [2.05, 4.69) is 15.6 Å². The summed E-state index contributed by atoms with van der Waals surface area (Å²) in [7, 11) is -2.19. The zero-order valence-electron chi connectivity index (χ0n) is 17.3. The molecule has 2 fully saturated rings. The van der Waals surface area contributed by atoms with E-state index in [1.807, 2.05) is 0 Å². The second kappa shape index (κ2) is 8.99. The number of benzene rings is 1. The predicted octanol–water partition coefficient (Wildman–Crippen LogP) is 1.68. The predicted molar refractivity (Wildman–Crippen MR) is 111 cm³/mol. The number of carbonyl (C=O) groups is 1. The molecule has 2 aromatic rings. The van der Waals surface area contributed by atoms with Gasteiger partial charge < -0.3 is 10.1 Å². The summed E-state index contributed by atoms with van der Waals surface area (Å²) < 4.78 is 34.8. The smallest absolute Gasteiger partial charge is 0.243 e. The molecule has 1 saturated heterocycles. The van der Waals surface area contributed by atoms with Gasteiger partial charge in [0.25, 0.3) is 0 Å². The van der Waals surface area contributed by atoms with Gasteiger partial charge in [0.1, 0.15) is 11.6 Å². The second-order valence-corrected chi connectivity index (χ2v) is 9.96. The molecule has 10 heteroatoms. The Labute approximate surface area is 176 Å². The Bertz CT molecular complexity index is 1000. The van der Waals surface area contributed by atoms with Crippen LogP contribution in [0.25, 0.3) is 11.0 Å². The number of aromatic nitrogens is 3. The highest BCUT2D eigenvalue weighted by atomic mass is 32.2. The molecule has 0 spiro atoms. The van der Waals surface area contributed by atoms with Crippen molar-refractivity contribution < 1.29 is 17.9 Å². The number of sulfonamides is 1. The van der Waals surface area contributed by atoms with Crippen molar-refractivity contribution in [2.24, 2.45) is 0 Å². The van der Waals surface area contributed by atoms with Gasteiger partial charge in [-0.25, -0.2) is 13.1 Å². The fourth-order valence-electron chi connectivity index (χ4n) is 4.42. The standard InChI is InChI=1S/C20H29N5O4S/c1-29-13-12-24-18-10-9-16(14-17(18)22-23-24)30(27,28)25-11-5-8-19(25)20(26)21-15-6-3-2-4-7-15/h9-10,14-15,19H,2-8,11-13H2,1H3,(H,21,26). The molecule has 9 nitrogen and oxygen atoms in total. The lowest BCUT2D eigenvalue weighted by Gasteiger charge is -2.27. The molecule has 0 bridgehead atoms. The highest BCUT2D eigenvalue weighted by molar-refractivity contribution is 7.89. The minimum atomic E-state index is -3.80. The highest BCUT2D eigenvalue weighted by Gasteiger charge is 2.40. The fourth-order valence-corrected chi connectivity index (χ4v) is 6.10. The van der Waals surface area contributed by atoms with Crippen LogP contribution in [0.15, 0.2) is 23.1 Å². The highest BCUT2D eigenvalue weighted by Crippen LogP contribution is 2.28. The Morgan fingerprint density at radius 1 is 1.20 bits per heavy atom. The molecule has 1 aromatic heterocycles. The van der Waals surface area contributed by atoms with E-state index in [0.717, 1.165) is 31.2 Å². The van der Waals surface area contributed by atoms with Crippen LogP contribution in [-0.4, -0.2) is 66.0 Å². The maximum Gasteiger partial charge on any atom is 0.243 e. The zero-order valence-corrected chi connectivity index (χ0v) is 18.1. The van der Waals surface area contributed by atoms with Crippen LogP contribution in [0.2, 0.25) is 0 Å². The molecule has 1 saturated carbocycles. The molecule has 1 unspecified atom stereocenters. The minimum Gasteiger partial charge on any atom is -0.383 e. The number of nitrogens with one attached hydrogen (secondary N) is 1. The first-order valence-electron chi connectivity index (χ1n) is 10.6. The molecule has 164 valence electrons. The van der Waals surface area contributed by atoms with Gasteiger partial charge in [-0.15, -0.1) is 5.10 Å². The Morgan fingerprint density at radius 3 is 2.77 bits per heavy atom. The maximum atomic E-state index is 13.3. The molecule has 1 aliphatic carbocycles. The average Bonchev–Trinajstić information content (AvgIpc) is 3.40. The van der Waals surface area contributed by atoms with Gasteiger partial charge in [0.05, 0.1) is 23.6 Å². The molecule has 4 rings (SSSR count). The third-order valence-electron chi connectivity index (χ3n) is 6.06. The van der Waals surface area contributed by atoms with Gasteiger partial charge in [-0.2, -0.15) is 4.31 Å². The number of amides is 1. The molecule has 1 N–H and O–H groups in total. The van der Waals surface area contributed by atoms with Gasteiger partial charge in [-0.3, -0.25) is 4.79 Å². The van der Waals surface area contributed by atoms with Gasteiger partial charge in [0, 0.05) is 19.7 Å². The van der Waals surface area contributed by atoms with Gasteiger partial charge in [-0.05, 0) is 43.9 Å². The van der Waals surface area contributed by atoms with Crippen LogP contribution in [0.5, 0.6) is 0 Å².